The molecule has 2 rings (SSSR count). The Morgan fingerprint density at radius 2 is 2.60 bits per heavy atom. The summed E-state index contributed by atoms with van der Waals surface area (Å²) in [7, 11) is 1.95. The summed E-state index contributed by atoms with van der Waals surface area (Å²) in [6.07, 6.45) is 3.79. The van der Waals surface area contributed by atoms with Crippen molar-refractivity contribution in [2.75, 3.05) is 25.0 Å². The van der Waals surface area contributed by atoms with Gasteiger partial charge in [0.25, 0.3) is 5.56 Å². The fourth-order valence-corrected chi connectivity index (χ4v) is 2.10. The SMILES string of the molecule is CNCC1CCCN1c1cc(=O)[nH]cn1. The first kappa shape index (κ1) is 10.2. The summed E-state index contributed by atoms with van der Waals surface area (Å²) in [6, 6.07) is 2.03. The summed E-state index contributed by atoms with van der Waals surface area (Å²) < 4.78 is 0. The number of hydrogen-bond donors (Lipinski definition) is 2. The number of rotatable bonds is 3. The predicted molar refractivity (Wildman–Crippen MR) is 59.2 cm³/mol. The van der Waals surface area contributed by atoms with Crippen molar-refractivity contribution in [2.24, 2.45) is 0 Å². The van der Waals surface area contributed by atoms with Crippen LogP contribution in [-0.2, 0) is 0 Å². The van der Waals surface area contributed by atoms with E-state index < -0.39 is 0 Å². The van der Waals surface area contributed by atoms with Crippen molar-refractivity contribution < 1.29 is 0 Å². The molecule has 0 spiro atoms. The van der Waals surface area contributed by atoms with Gasteiger partial charge in [0.2, 0.25) is 0 Å². The second-order valence-electron chi connectivity index (χ2n) is 3.82. The van der Waals surface area contributed by atoms with E-state index in [1.165, 1.54) is 12.7 Å². The Bertz CT molecular complexity index is 376. The smallest absolute Gasteiger partial charge is 0.252 e. The first-order chi connectivity index (χ1) is 7.31. The zero-order chi connectivity index (χ0) is 10.7. The first-order valence-corrected chi connectivity index (χ1v) is 5.27. The third kappa shape index (κ3) is 2.18. The molecular formula is C10H16N4O. The molecule has 5 nitrogen and oxygen atoms in total. The normalized spacial score (nSPS) is 20.9. The lowest BCUT2D eigenvalue weighted by atomic mass is 10.2. The molecule has 2 N–H and O–H groups in total. The van der Waals surface area contributed by atoms with Crippen LogP contribution in [0.1, 0.15) is 12.8 Å². The molecule has 0 radical (unpaired) electrons. The number of nitrogens with one attached hydrogen (secondary N) is 2. The minimum atomic E-state index is -0.0879. The molecule has 5 heteroatoms. The number of aromatic amines is 1. The average molecular weight is 208 g/mol. The van der Waals surface area contributed by atoms with Crippen molar-refractivity contribution in [1.29, 1.82) is 0 Å². The summed E-state index contributed by atoms with van der Waals surface area (Å²) >= 11 is 0. The highest BCUT2D eigenvalue weighted by molar-refractivity contribution is 5.39. The highest BCUT2D eigenvalue weighted by Gasteiger charge is 2.24. The Morgan fingerprint density at radius 3 is 3.33 bits per heavy atom. The van der Waals surface area contributed by atoms with Gasteiger partial charge in [-0.3, -0.25) is 4.79 Å². The van der Waals surface area contributed by atoms with Crippen LogP contribution in [0, 0.1) is 0 Å². The van der Waals surface area contributed by atoms with Gasteiger partial charge in [0.15, 0.2) is 0 Å². The minimum Gasteiger partial charge on any atom is -0.352 e. The molecule has 0 bridgehead atoms. The molecule has 15 heavy (non-hydrogen) atoms. The number of H-pyrrole nitrogens is 1. The van der Waals surface area contributed by atoms with Crippen LogP contribution in [0.5, 0.6) is 0 Å². The van der Waals surface area contributed by atoms with Gasteiger partial charge >= 0.3 is 0 Å². The summed E-state index contributed by atoms with van der Waals surface area (Å²) in [5, 5.41) is 3.17. The van der Waals surface area contributed by atoms with Crippen LogP contribution in [-0.4, -0.2) is 36.1 Å². The highest BCUT2D eigenvalue weighted by atomic mass is 16.1. The fourth-order valence-electron chi connectivity index (χ4n) is 2.10. The molecule has 1 saturated heterocycles. The Kier molecular flexibility index (Phi) is 3.01. The van der Waals surface area contributed by atoms with Crippen molar-refractivity contribution >= 4 is 5.82 Å². The van der Waals surface area contributed by atoms with Gasteiger partial charge in [-0.05, 0) is 19.9 Å². The predicted octanol–water partition coefficient (Wildman–Crippen LogP) is -0.0419. The number of hydrogen-bond acceptors (Lipinski definition) is 4. The number of aromatic nitrogens is 2. The quantitative estimate of drug-likeness (QED) is 0.731. The second kappa shape index (κ2) is 4.44. The molecule has 1 unspecified atom stereocenters. The Labute approximate surface area is 88.5 Å². The summed E-state index contributed by atoms with van der Waals surface area (Å²) in [6.45, 7) is 1.93. The van der Waals surface area contributed by atoms with Crippen molar-refractivity contribution in [1.82, 2.24) is 15.3 Å². The Hall–Kier alpha value is -1.36. The summed E-state index contributed by atoms with van der Waals surface area (Å²) in [5.41, 5.74) is -0.0879. The molecule has 1 aromatic rings. The summed E-state index contributed by atoms with van der Waals surface area (Å²) in [4.78, 5) is 20.1. The Balaban J connectivity index is 2.18. The molecule has 0 saturated carbocycles. The zero-order valence-electron chi connectivity index (χ0n) is 8.86. The van der Waals surface area contributed by atoms with E-state index in [0.29, 0.717) is 6.04 Å². The zero-order valence-corrected chi connectivity index (χ0v) is 8.86. The van der Waals surface area contributed by atoms with E-state index in [4.69, 9.17) is 0 Å². The van der Waals surface area contributed by atoms with Crippen LogP contribution in [0.4, 0.5) is 5.82 Å². The maximum Gasteiger partial charge on any atom is 0.252 e. The molecule has 1 aromatic heterocycles. The van der Waals surface area contributed by atoms with E-state index in [1.54, 1.807) is 6.07 Å². The van der Waals surface area contributed by atoms with Gasteiger partial charge in [0.1, 0.15) is 5.82 Å². The molecule has 1 aliphatic heterocycles. The van der Waals surface area contributed by atoms with E-state index in [0.717, 1.165) is 25.3 Å². The lowest BCUT2D eigenvalue weighted by Gasteiger charge is -2.24. The fraction of sp³-hybridized carbons (Fsp3) is 0.600. The molecule has 0 aromatic carbocycles. The van der Waals surface area contributed by atoms with Crippen molar-refractivity contribution in [3.63, 3.8) is 0 Å². The van der Waals surface area contributed by atoms with Gasteiger partial charge in [0.05, 0.1) is 6.33 Å². The van der Waals surface area contributed by atoms with Crippen LogP contribution >= 0.6 is 0 Å². The molecular weight excluding hydrogens is 192 g/mol. The minimum absolute atomic E-state index is 0.0879. The van der Waals surface area contributed by atoms with Gasteiger partial charge in [-0.2, -0.15) is 0 Å². The van der Waals surface area contributed by atoms with Crippen molar-refractivity contribution in [2.45, 2.75) is 18.9 Å². The van der Waals surface area contributed by atoms with Crippen LogP contribution in [0.2, 0.25) is 0 Å². The van der Waals surface area contributed by atoms with Gasteiger partial charge in [0, 0.05) is 25.2 Å². The van der Waals surface area contributed by atoms with E-state index in [2.05, 4.69) is 20.2 Å². The topological polar surface area (TPSA) is 61.0 Å². The molecule has 82 valence electrons. The highest BCUT2D eigenvalue weighted by Crippen LogP contribution is 2.21. The molecule has 1 atom stereocenters. The number of anilines is 1. The van der Waals surface area contributed by atoms with E-state index in [-0.39, 0.29) is 5.56 Å². The van der Waals surface area contributed by atoms with E-state index in [9.17, 15) is 4.79 Å². The third-order valence-corrected chi connectivity index (χ3v) is 2.77. The number of likely N-dealkylation sites (N-methyl/N-ethyl adjacent to an activating group) is 1. The van der Waals surface area contributed by atoms with Gasteiger partial charge in [-0.15, -0.1) is 0 Å². The van der Waals surface area contributed by atoms with Gasteiger partial charge in [-0.1, -0.05) is 0 Å². The van der Waals surface area contributed by atoms with Crippen LogP contribution < -0.4 is 15.8 Å². The van der Waals surface area contributed by atoms with E-state index >= 15 is 0 Å². The maximum absolute atomic E-state index is 11.2. The van der Waals surface area contributed by atoms with Gasteiger partial charge < -0.3 is 15.2 Å². The largest absolute Gasteiger partial charge is 0.352 e. The molecule has 1 fully saturated rings. The monoisotopic (exact) mass is 208 g/mol. The van der Waals surface area contributed by atoms with Crippen molar-refractivity contribution in [3.8, 4) is 0 Å². The van der Waals surface area contributed by atoms with Crippen LogP contribution in [0.3, 0.4) is 0 Å². The molecule has 2 heterocycles. The van der Waals surface area contributed by atoms with Crippen LogP contribution in [0.15, 0.2) is 17.2 Å². The third-order valence-electron chi connectivity index (χ3n) is 2.77. The lowest BCUT2D eigenvalue weighted by molar-refractivity contribution is 0.611. The Morgan fingerprint density at radius 1 is 1.73 bits per heavy atom. The summed E-state index contributed by atoms with van der Waals surface area (Å²) in [5.74, 6) is 0.788. The van der Waals surface area contributed by atoms with Gasteiger partial charge in [-0.25, -0.2) is 4.98 Å². The number of nitrogens with zero attached hydrogens (tertiary/aromatic N) is 2. The van der Waals surface area contributed by atoms with E-state index in [1.807, 2.05) is 7.05 Å². The maximum atomic E-state index is 11.2. The lowest BCUT2D eigenvalue weighted by Crippen LogP contribution is -2.37. The van der Waals surface area contributed by atoms with Crippen LogP contribution in [0.25, 0.3) is 0 Å². The second-order valence-corrected chi connectivity index (χ2v) is 3.82. The standard InChI is InChI=1S/C10H16N4O/c1-11-6-8-3-2-4-14(8)9-5-10(15)13-7-12-9/h5,7-8,11H,2-4,6H2,1H3,(H,12,13,15). The molecule has 0 amide bonds. The molecule has 0 aliphatic carbocycles. The molecule has 1 aliphatic rings. The first-order valence-electron chi connectivity index (χ1n) is 5.27. The average Bonchev–Trinajstić information content (AvgIpc) is 2.66. The van der Waals surface area contributed by atoms with Crippen molar-refractivity contribution in [3.05, 3.63) is 22.7 Å².